The van der Waals surface area contributed by atoms with Crippen LogP contribution in [-0.2, 0) is 4.74 Å². The van der Waals surface area contributed by atoms with E-state index in [0.29, 0.717) is 0 Å². The van der Waals surface area contributed by atoms with E-state index < -0.39 is 54.2 Å². The highest BCUT2D eigenvalue weighted by Gasteiger charge is 2.44. The number of phenols is 2. The molecule has 2 heterocycles. The largest absolute Gasteiger partial charge is 0.508 e. The standard InChI is InChI=1S/C21H20O11/c22-7-13-15(25)17(27)19(29)21(32-13)30-10-3-1-8(2-4-10)20-18(28)16(26)14-11(24)5-9(23)6-12(14)31-20/h1-6,13,15,17,19,21-25,27-29H,7H2. The highest BCUT2D eigenvalue weighted by atomic mass is 16.7. The second kappa shape index (κ2) is 8.30. The van der Waals surface area contributed by atoms with E-state index in [0.717, 1.165) is 12.1 Å². The monoisotopic (exact) mass is 448 g/mol. The predicted molar refractivity (Wildman–Crippen MR) is 107 cm³/mol. The fourth-order valence-corrected chi connectivity index (χ4v) is 3.45. The van der Waals surface area contributed by atoms with Crippen molar-refractivity contribution in [3.63, 3.8) is 0 Å². The molecule has 0 radical (unpaired) electrons. The van der Waals surface area contributed by atoms with Gasteiger partial charge in [0.25, 0.3) is 0 Å². The van der Waals surface area contributed by atoms with Crippen molar-refractivity contribution >= 4 is 11.0 Å². The lowest BCUT2D eigenvalue weighted by Gasteiger charge is -2.39. The normalized spacial score (nSPS) is 25.7. The van der Waals surface area contributed by atoms with Crippen LogP contribution in [0.15, 0.2) is 45.6 Å². The van der Waals surface area contributed by atoms with E-state index in [4.69, 9.17) is 13.9 Å². The maximum Gasteiger partial charge on any atom is 0.238 e. The van der Waals surface area contributed by atoms with Crippen molar-refractivity contribution in [1.29, 1.82) is 0 Å². The zero-order valence-corrected chi connectivity index (χ0v) is 16.3. The lowest BCUT2D eigenvalue weighted by atomic mass is 9.99. The van der Waals surface area contributed by atoms with Gasteiger partial charge in [0.15, 0.2) is 5.76 Å². The molecule has 4 rings (SSSR count). The van der Waals surface area contributed by atoms with Crippen LogP contribution in [0.3, 0.4) is 0 Å². The van der Waals surface area contributed by atoms with Gasteiger partial charge in [-0.3, -0.25) is 4.79 Å². The van der Waals surface area contributed by atoms with E-state index in [1.807, 2.05) is 0 Å². The molecule has 0 spiro atoms. The van der Waals surface area contributed by atoms with E-state index in [1.54, 1.807) is 0 Å². The minimum Gasteiger partial charge on any atom is -0.508 e. The third-order valence-corrected chi connectivity index (χ3v) is 5.15. The first-order chi connectivity index (χ1) is 15.2. The Morgan fingerprint density at radius 1 is 0.938 bits per heavy atom. The summed E-state index contributed by atoms with van der Waals surface area (Å²) in [5.41, 5.74) is -0.771. The van der Waals surface area contributed by atoms with Crippen molar-refractivity contribution in [3.8, 4) is 34.3 Å². The Morgan fingerprint density at radius 3 is 2.28 bits per heavy atom. The molecule has 7 N–H and O–H groups in total. The lowest BCUT2D eigenvalue weighted by Crippen LogP contribution is -2.60. The highest BCUT2D eigenvalue weighted by Crippen LogP contribution is 2.35. The first kappa shape index (κ1) is 21.9. The zero-order chi connectivity index (χ0) is 23.2. The van der Waals surface area contributed by atoms with Gasteiger partial charge in [0.1, 0.15) is 52.6 Å². The second-order valence-corrected chi connectivity index (χ2v) is 7.29. The number of aliphatic hydroxyl groups is 4. The number of hydrogen-bond acceptors (Lipinski definition) is 11. The van der Waals surface area contributed by atoms with Crippen LogP contribution in [0.4, 0.5) is 0 Å². The molecule has 0 amide bonds. The van der Waals surface area contributed by atoms with Gasteiger partial charge in [-0.2, -0.15) is 0 Å². The van der Waals surface area contributed by atoms with Gasteiger partial charge in [0.2, 0.25) is 17.5 Å². The van der Waals surface area contributed by atoms with Crippen LogP contribution in [-0.4, -0.2) is 73.1 Å². The number of aromatic hydroxyl groups is 3. The first-order valence-corrected chi connectivity index (χ1v) is 9.50. The zero-order valence-electron chi connectivity index (χ0n) is 16.3. The number of phenolic OH excluding ortho intramolecular Hbond substituents is 2. The fourth-order valence-electron chi connectivity index (χ4n) is 3.45. The summed E-state index contributed by atoms with van der Waals surface area (Å²) in [6, 6.07) is 7.72. The predicted octanol–water partition coefficient (Wildman–Crippen LogP) is -0.245. The molecule has 1 saturated heterocycles. The van der Waals surface area contributed by atoms with Gasteiger partial charge in [0, 0.05) is 17.7 Å². The van der Waals surface area contributed by atoms with Crippen molar-refractivity contribution in [1.82, 2.24) is 0 Å². The Hall–Kier alpha value is -3.35. The van der Waals surface area contributed by atoms with Crippen LogP contribution < -0.4 is 10.2 Å². The molecule has 0 saturated carbocycles. The molecule has 11 nitrogen and oxygen atoms in total. The molecule has 5 unspecified atom stereocenters. The Labute approximate surface area is 179 Å². The van der Waals surface area contributed by atoms with E-state index in [1.165, 1.54) is 24.3 Å². The first-order valence-electron chi connectivity index (χ1n) is 9.50. The molecule has 1 aliphatic rings. The Balaban J connectivity index is 1.63. The van der Waals surface area contributed by atoms with Gasteiger partial charge in [-0.1, -0.05) is 0 Å². The number of fused-ring (bicyclic) bond motifs is 1. The van der Waals surface area contributed by atoms with Crippen molar-refractivity contribution in [3.05, 3.63) is 46.6 Å². The molecule has 1 aromatic heterocycles. The second-order valence-electron chi connectivity index (χ2n) is 7.29. The molecule has 3 aromatic rings. The molecule has 5 atom stereocenters. The summed E-state index contributed by atoms with van der Waals surface area (Å²) < 4.78 is 16.3. The maximum atomic E-state index is 12.5. The quantitative estimate of drug-likeness (QED) is 0.279. The Kier molecular flexibility index (Phi) is 5.67. The van der Waals surface area contributed by atoms with Gasteiger partial charge in [-0.15, -0.1) is 0 Å². The average Bonchev–Trinajstić information content (AvgIpc) is 2.76. The number of benzene rings is 2. The summed E-state index contributed by atoms with van der Waals surface area (Å²) in [5.74, 6) is -1.68. The lowest BCUT2D eigenvalue weighted by molar-refractivity contribution is -0.277. The summed E-state index contributed by atoms with van der Waals surface area (Å²) in [5, 5.41) is 68.5. The summed E-state index contributed by atoms with van der Waals surface area (Å²) >= 11 is 0. The third kappa shape index (κ3) is 3.72. The van der Waals surface area contributed by atoms with Crippen LogP contribution in [0.5, 0.6) is 23.0 Å². The van der Waals surface area contributed by atoms with Crippen LogP contribution in [0.1, 0.15) is 0 Å². The summed E-state index contributed by atoms with van der Waals surface area (Å²) in [7, 11) is 0. The molecular weight excluding hydrogens is 428 g/mol. The van der Waals surface area contributed by atoms with Crippen LogP contribution in [0.2, 0.25) is 0 Å². The topological polar surface area (TPSA) is 190 Å². The summed E-state index contributed by atoms with van der Waals surface area (Å²) in [6.07, 6.45) is -7.21. The molecule has 1 aliphatic heterocycles. The maximum absolute atomic E-state index is 12.5. The fraction of sp³-hybridized carbons (Fsp3) is 0.286. The average molecular weight is 448 g/mol. The van der Waals surface area contributed by atoms with Crippen molar-refractivity contribution in [2.75, 3.05) is 6.61 Å². The summed E-state index contributed by atoms with van der Waals surface area (Å²) in [4.78, 5) is 12.5. The molecule has 0 aliphatic carbocycles. The molecule has 2 aromatic carbocycles. The summed E-state index contributed by atoms with van der Waals surface area (Å²) in [6.45, 7) is -0.602. The number of rotatable bonds is 4. The van der Waals surface area contributed by atoms with Crippen LogP contribution in [0.25, 0.3) is 22.3 Å². The van der Waals surface area contributed by atoms with Gasteiger partial charge in [0.05, 0.1) is 6.61 Å². The van der Waals surface area contributed by atoms with E-state index in [9.17, 15) is 40.5 Å². The Bertz CT molecular complexity index is 1190. The van der Waals surface area contributed by atoms with Crippen LogP contribution in [0, 0.1) is 0 Å². The number of aliphatic hydroxyl groups excluding tert-OH is 4. The Morgan fingerprint density at radius 2 is 1.62 bits per heavy atom. The van der Waals surface area contributed by atoms with Crippen molar-refractivity contribution < 1.29 is 49.6 Å². The number of ether oxygens (including phenoxy) is 2. The van der Waals surface area contributed by atoms with Gasteiger partial charge in [-0.25, -0.2) is 0 Å². The van der Waals surface area contributed by atoms with E-state index >= 15 is 0 Å². The third-order valence-electron chi connectivity index (χ3n) is 5.15. The molecule has 1 fully saturated rings. The van der Waals surface area contributed by atoms with E-state index in [-0.39, 0.29) is 33.8 Å². The van der Waals surface area contributed by atoms with Crippen molar-refractivity contribution in [2.24, 2.45) is 0 Å². The van der Waals surface area contributed by atoms with Crippen molar-refractivity contribution in [2.45, 2.75) is 30.7 Å². The molecule has 11 heteroatoms. The smallest absolute Gasteiger partial charge is 0.238 e. The van der Waals surface area contributed by atoms with Crippen LogP contribution >= 0.6 is 0 Å². The molecule has 170 valence electrons. The molecule has 32 heavy (non-hydrogen) atoms. The van der Waals surface area contributed by atoms with E-state index in [2.05, 4.69) is 0 Å². The molecule has 0 bridgehead atoms. The highest BCUT2D eigenvalue weighted by molar-refractivity contribution is 5.88. The minimum atomic E-state index is -1.60. The van der Waals surface area contributed by atoms with Gasteiger partial charge < -0.3 is 49.6 Å². The van der Waals surface area contributed by atoms with Gasteiger partial charge in [-0.05, 0) is 24.3 Å². The molecular formula is C21H20O11. The minimum absolute atomic E-state index is 0.137. The number of hydrogen-bond donors (Lipinski definition) is 7. The van der Waals surface area contributed by atoms with Gasteiger partial charge >= 0.3 is 0 Å². The SMILES string of the molecule is O=c1c(O)c(-c2ccc(OC3OC(CO)C(O)C(O)C3O)cc2)oc2cc(O)cc(O)c12.